The number of rotatable bonds is 2. The van der Waals surface area contributed by atoms with Crippen LogP contribution in [0.2, 0.25) is 0 Å². The highest BCUT2D eigenvalue weighted by molar-refractivity contribution is 5.76. The van der Waals surface area contributed by atoms with Crippen molar-refractivity contribution in [1.29, 1.82) is 0 Å². The average molecular weight is 261 g/mol. The van der Waals surface area contributed by atoms with Gasteiger partial charge < -0.3 is 9.64 Å². The minimum absolute atomic E-state index is 0.390. The molecule has 0 aliphatic heterocycles. The van der Waals surface area contributed by atoms with Crippen LogP contribution < -0.4 is 10.4 Å². The van der Waals surface area contributed by atoms with Crippen molar-refractivity contribution >= 4 is 6.03 Å². The van der Waals surface area contributed by atoms with Crippen molar-refractivity contribution in [1.82, 2.24) is 14.0 Å². The van der Waals surface area contributed by atoms with Gasteiger partial charge in [-0.1, -0.05) is 12.1 Å². The molecule has 0 aliphatic carbocycles. The summed E-state index contributed by atoms with van der Waals surface area (Å²) in [5.74, 6) is 0.569. The van der Waals surface area contributed by atoms with Crippen LogP contribution in [0, 0.1) is 0 Å². The monoisotopic (exact) mass is 261 g/mol. The Balaban J connectivity index is 2.54. The van der Waals surface area contributed by atoms with Crippen LogP contribution in [0.4, 0.5) is 4.79 Å². The van der Waals surface area contributed by atoms with E-state index in [-0.39, 0.29) is 0 Å². The van der Waals surface area contributed by atoms with Gasteiger partial charge in [0.15, 0.2) is 0 Å². The number of hydrogen-bond donors (Lipinski definition) is 0. The van der Waals surface area contributed by atoms with Gasteiger partial charge in [-0.05, 0) is 12.1 Å². The van der Waals surface area contributed by atoms with Gasteiger partial charge in [-0.15, -0.1) is 0 Å². The maximum absolute atomic E-state index is 12.2. The van der Waals surface area contributed by atoms with Crippen LogP contribution in [0.25, 0.3) is 5.69 Å². The van der Waals surface area contributed by atoms with Crippen molar-refractivity contribution < 1.29 is 9.53 Å². The van der Waals surface area contributed by atoms with E-state index in [0.717, 1.165) is 4.57 Å². The maximum Gasteiger partial charge on any atom is 0.341 e. The lowest BCUT2D eigenvalue weighted by Crippen LogP contribution is -2.35. The molecule has 0 N–H and O–H groups in total. The molecule has 0 radical (unpaired) electrons. The maximum atomic E-state index is 12.2. The molecule has 19 heavy (non-hydrogen) atoms. The molecule has 0 spiro atoms. The third-order valence-electron chi connectivity index (χ3n) is 2.71. The van der Waals surface area contributed by atoms with E-state index in [2.05, 4.69) is 0 Å². The number of hydrogen-bond acceptors (Lipinski definition) is 3. The number of amides is 1. The fourth-order valence-corrected chi connectivity index (χ4v) is 1.75. The standard InChI is InChI=1S/C13H15N3O3/c1-14(2)12(17)16-9-8-15(13(16)18)10-6-4-5-7-11(10)19-3/h4-9H,1-3H3. The second-order valence-corrected chi connectivity index (χ2v) is 4.17. The highest BCUT2D eigenvalue weighted by Crippen LogP contribution is 2.20. The van der Waals surface area contributed by atoms with Crippen molar-refractivity contribution in [2.75, 3.05) is 21.2 Å². The second kappa shape index (κ2) is 5.01. The first-order valence-electron chi connectivity index (χ1n) is 5.71. The van der Waals surface area contributed by atoms with Gasteiger partial charge in [0.2, 0.25) is 0 Å². The number of para-hydroxylation sites is 2. The molecule has 6 nitrogen and oxygen atoms in total. The molecule has 1 heterocycles. The molecular formula is C13H15N3O3. The second-order valence-electron chi connectivity index (χ2n) is 4.17. The Kier molecular flexibility index (Phi) is 3.41. The molecule has 0 bridgehead atoms. The summed E-state index contributed by atoms with van der Waals surface area (Å²) in [6.07, 6.45) is 2.98. The average Bonchev–Trinajstić information content (AvgIpc) is 2.79. The number of carbonyl (C=O) groups excluding carboxylic acids is 1. The number of benzene rings is 1. The fraction of sp³-hybridized carbons (Fsp3) is 0.231. The predicted octanol–water partition coefficient (Wildman–Crippen LogP) is 1.18. The highest BCUT2D eigenvalue weighted by Gasteiger charge is 2.15. The van der Waals surface area contributed by atoms with Crippen LogP contribution in [0.5, 0.6) is 5.75 Å². The topological polar surface area (TPSA) is 56.5 Å². The zero-order valence-electron chi connectivity index (χ0n) is 11.0. The third kappa shape index (κ3) is 2.24. The lowest BCUT2D eigenvalue weighted by atomic mass is 10.3. The predicted molar refractivity (Wildman–Crippen MR) is 71.1 cm³/mol. The van der Waals surface area contributed by atoms with Crippen molar-refractivity contribution in [2.45, 2.75) is 0 Å². The van der Waals surface area contributed by atoms with Crippen molar-refractivity contribution in [3.63, 3.8) is 0 Å². The van der Waals surface area contributed by atoms with Crippen LogP contribution in [0.15, 0.2) is 41.5 Å². The molecule has 0 saturated heterocycles. The summed E-state index contributed by atoms with van der Waals surface area (Å²) in [6, 6.07) is 6.74. The molecule has 0 saturated carbocycles. The zero-order valence-corrected chi connectivity index (χ0v) is 11.0. The molecule has 1 amide bonds. The number of methoxy groups -OCH3 is 1. The Labute approximate surface area is 110 Å². The molecule has 2 aromatic rings. The first-order chi connectivity index (χ1) is 9.06. The smallest absolute Gasteiger partial charge is 0.341 e. The highest BCUT2D eigenvalue weighted by atomic mass is 16.5. The van der Waals surface area contributed by atoms with E-state index in [1.165, 1.54) is 22.8 Å². The number of carbonyl (C=O) groups is 1. The summed E-state index contributed by atoms with van der Waals surface area (Å²) in [7, 11) is 4.72. The molecule has 0 aliphatic rings. The number of nitrogens with zero attached hydrogens (tertiary/aromatic N) is 3. The van der Waals surface area contributed by atoms with Gasteiger partial charge in [-0.25, -0.2) is 14.2 Å². The Morgan fingerprint density at radius 1 is 1.21 bits per heavy atom. The molecule has 0 unspecified atom stereocenters. The Hall–Kier alpha value is -2.50. The molecule has 2 rings (SSSR count). The largest absolute Gasteiger partial charge is 0.495 e. The lowest BCUT2D eigenvalue weighted by Gasteiger charge is -2.10. The number of imidazole rings is 1. The van der Waals surface area contributed by atoms with Crippen LogP contribution in [0.3, 0.4) is 0 Å². The molecule has 100 valence electrons. The molecule has 1 aromatic carbocycles. The summed E-state index contributed by atoms with van der Waals surface area (Å²) in [4.78, 5) is 25.4. The van der Waals surface area contributed by atoms with Crippen molar-refractivity contribution in [3.8, 4) is 11.4 Å². The number of aromatic nitrogens is 2. The normalized spacial score (nSPS) is 10.3. The van der Waals surface area contributed by atoms with Gasteiger partial charge in [-0.3, -0.25) is 4.57 Å². The van der Waals surface area contributed by atoms with Crippen LogP contribution in [0.1, 0.15) is 0 Å². The lowest BCUT2D eigenvalue weighted by molar-refractivity contribution is 0.218. The summed E-state index contributed by atoms with van der Waals surface area (Å²) >= 11 is 0. The molecular weight excluding hydrogens is 246 g/mol. The van der Waals surface area contributed by atoms with E-state index >= 15 is 0 Å². The van der Waals surface area contributed by atoms with Gasteiger partial charge in [-0.2, -0.15) is 0 Å². The number of ether oxygens (including phenoxy) is 1. The van der Waals surface area contributed by atoms with E-state index in [0.29, 0.717) is 11.4 Å². The Bertz CT molecular complexity index is 655. The quantitative estimate of drug-likeness (QED) is 0.815. The zero-order chi connectivity index (χ0) is 14.0. The van der Waals surface area contributed by atoms with Crippen molar-refractivity contribution in [3.05, 3.63) is 47.1 Å². The van der Waals surface area contributed by atoms with Crippen LogP contribution >= 0.6 is 0 Å². The minimum Gasteiger partial charge on any atom is -0.495 e. The van der Waals surface area contributed by atoms with Gasteiger partial charge in [0.1, 0.15) is 5.75 Å². The summed E-state index contributed by atoms with van der Waals surface area (Å²) < 4.78 is 7.63. The van der Waals surface area contributed by atoms with E-state index in [1.807, 2.05) is 6.07 Å². The van der Waals surface area contributed by atoms with Crippen LogP contribution in [-0.2, 0) is 0 Å². The molecule has 1 aromatic heterocycles. The SMILES string of the molecule is COc1ccccc1-n1ccn(C(=O)N(C)C)c1=O. The first kappa shape index (κ1) is 12.9. The van der Waals surface area contributed by atoms with Gasteiger partial charge >= 0.3 is 11.7 Å². The minimum atomic E-state index is -0.428. The molecule has 6 heteroatoms. The van der Waals surface area contributed by atoms with Gasteiger partial charge in [0, 0.05) is 26.5 Å². The molecule has 0 fully saturated rings. The van der Waals surface area contributed by atoms with Crippen LogP contribution in [-0.4, -0.2) is 41.3 Å². The molecule has 0 atom stereocenters. The van der Waals surface area contributed by atoms with Gasteiger partial charge in [0.25, 0.3) is 0 Å². The van der Waals surface area contributed by atoms with E-state index in [9.17, 15) is 9.59 Å². The van der Waals surface area contributed by atoms with E-state index < -0.39 is 11.7 Å². The van der Waals surface area contributed by atoms with E-state index in [1.54, 1.807) is 38.5 Å². The summed E-state index contributed by atoms with van der Waals surface area (Å²) in [5.41, 5.74) is 0.170. The third-order valence-corrected chi connectivity index (χ3v) is 2.71. The summed E-state index contributed by atoms with van der Waals surface area (Å²) in [5, 5.41) is 0. The Morgan fingerprint density at radius 2 is 1.89 bits per heavy atom. The first-order valence-corrected chi connectivity index (χ1v) is 5.71. The van der Waals surface area contributed by atoms with E-state index in [4.69, 9.17) is 4.74 Å². The van der Waals surface area contributed by atoms with Gasteiger partial charge in [0.05, 0.1) is 12.8 Å². The fourth-order valence-electron chi connectivity index (χ4n) is 1.75. The Morgan fingerprint density at radius 3 is 2.53 bits per heavy atom. The van der Waals surface area contributed by atoms with Crippen molar-refractivity contribution in [2.24, 2.45) is 0 Å². The summed E-state index contributed by atoms with van der Waals surface area (Å²) in [6.45, 7) is 0.